The molecule has 132 valence electrons. The Morgan fingerprint density at radius 3 is 2.38 bits per heavy atom. The maximum Gasteiger partial charge on any atom is 0.400 e. The molecule has 1 aromatic heterocycles. The van der Waals surface area contributed by atoms with Gasteiger partial charge in [-0.1, -0.05) is 6.07 Å². The van der Waals surface area contributed by atoms with Crippen molar-refractivity contribution >= 4 is 27.3 Å². The summed E-state index contributed by atoms with van der Waals surface area (Å²) in [6.45, 7) is -0.691. The number of alkyl halides is 6. The number of carbonyl (C=O) groups excluding carboxylic acids is 1. The summed E-state index contributed by atoms with van der Waals surface area (Å²) in [5.74, 6) is -4.06. The lowest BCUT2D eigenvalue weighted by atomic mass is 10.0. The van der Waals surface area contributed by atoms with Crippen LogP contribution in [0.25, 0.3) is 10.1 Å². The molecular formula is C15H13F6NOS. The molecular weight excluding hydrogens is 356 g/mol. The SMILES string of the molecule is O=C(Cc1ccc2sccc2c1)NCCC(C(F)(F)F)C(F)(F)F. The summed E-state index contributed by atoms with van der Waals surface area (Å²) in [6, 6.07) is 7.14. The summed E-state index contributed by atoms with van der Waals surface area (Å²) in [4.78, 5) is 11.7. The molecule has 2 nitrogen and oxygen atoms in total. The number of amides is 1. The van der Waals surface area contributed by atoms with Crippen LogP contribution in [0.4, 0.5) is 26.3 Å². The Hall–Kier alpha value is -1.77. The van der Waals surface area contributed by atoms with Crippen LogP contribution < -0.4 is 5.32 Å². The first-order chi connectivity index (χ1) is 11.1. The maximum atomic E-state index is 12.4. The molecule has 0 atom stereocenters. The minimum absolute atomic E-state index is 0.103. The zero-order valence-corrected chi connectivity index (χ0v) is 13.0. The molecule has 9 heteroatoms. The molecule has 0 aliphatic carbocycles. The van der Waals surface area contributed by atoms with Crippen molar-refractivity contribution in [2.24, 2.45) is 5.92 Å². The summed E-state index contributed by atoms with van der Waals surface area (Å²) in [6.07, 6.45) is -12.1. The van der Waals surface area contributed by atoms with E-state index < -0.39 is 37.1 Å². The van der Waals surface area contributed by atoms with Gasteiger partial charge in [0.2, 0.25) is 5.91 Å². The standard InChI is InChI=1S/C15H13F6NOS/c16-14(17,18)12(15(19,20)21)3-5-22-13(23)8-9-1-2-11-10(7-9)4-6-24-11/h1-2,4,6-7,12H,3,5,8H2,(H,22,23). The Kier molecular flexibility index (Phi) is 5.42. The second-order valence-electron chi connectivity index (χ2n) is 5.24. The van der Waals surface area contributed by atoms with Crippen LogP contribution in [0, 0.1) is 5.92 Å². The topological polar surface area (TPSA) is 29.1 Å². The number of halogens is 6. The molecule has 0 bridgehead atoms. The van der Waals surface area contributed by atoms with Gasteiger partial charge < -0.3 is 5.32 Å². The van der Waals surface area contributed by atoms with E-state index in [4.69, 9.17) is 0 Å². The second-order valence-corrected chi connectivity index (χ2v) is 6.19. The second kappa shape index (κ2) is 7.00. The fourth-order valence-corrected chi connectivity index (χ4v) is 3.01. The molecule has 0 fully saturated rings. The Labute approximate surface area is 137 Å². The van der Waals surface area contributed by atoms with E-state index >= 15 is 0 Å². The van der Waals surface area contributed by atoms with E-state index in [1.165, 1.54) is 11.3 Å². The lowest BCUT2D eigenvalue weighted by Gasteiger charge is -2.22. The first-order valence-corrected chi connectivity index (χ1v) is 7.81. The lowest BCUT2D eigenvalue weighted by molar-refractivity contribution is -0.285. The van der Waals surface area contributed by atoms with Crippen LogP contribution >= 0.6 is 11.3 Å². The fraction of sp³-hybridized carbons (Fsp3) is 0.400. The molecule has 2 rings (SSSR count). The highest BCUT2D eigenvalue weighted by molar-refractivity contribution is 7.17. The molecule has 0 aliphatic rings. The number of fused-ring (bicyclic) bond motifs is 1. The molecule has 0 unspecified atom stereocenters. The quantitative estimate of drug-likeness (QED) is 0.761. The number of hydrogen-bond donors (Lipinski definition) is 1. The zero-order valence-electron chi connectivity index (χ0n) is 12.2. The van der Waals surface area contributed by atoms with Crippen LogP contribution in [0.3, 0.4) is 0 Å². The highest BCUT2D eigenvalue weighted by atomic mass is 32.1. The molecule has 0 saturated carbocycles. The fourth-order valence-electron chi connectivity index (χ4n) is 2.24. The van der Waals surface area contributed by atoms with Gasteiger partial charge in [-0.25, -0.2) is 0 Å². The van der Waals surface area contributed by atoms with E-state index in [1.807, 2.05) is 17.5 Å². The van der Waals surface area contributed by atoms with Crippen molar-refractivity contribution in [2.75, 3.05) is 6.54 Å². The molecule has 0 spiro atoms. The Morgan fingerprint density at radius 1 is 1.08 bits per heavy atom. The van der Waals surface area contributed by atoms with Crippen molar-refractivity contribution in [1.82, 2.24) is 5.32 Å². The van der Waals surface area contributed by atoms with Crippen LogP contribution in [0.2, 0.25) is 0 Å². The molecule has 24 heavy (non-hydrogen) atoms. The average Bonchev–Trinajstić information content (AvgIpc) is 2.88. The van der Waals surface area contributed by atoms with Gasteiger partial charge >= 0.3 is 12.4 Å². The number of thiophene rings is 1. The van der Waals surface area contributed by atoms with Crippen molar-refractivity contribution in [3.63, 3.8) is 0 Å². The molecule has 0 radical (unpaired) electrons. The van der Waals surface area contributed by atoms with Crippen LogP contribution in [-0.2, 0) is 11.2 Å². The maximum absolute atomic E-state index is 12.4. The van der Waals surface area contributed by atoms with E-state index in [9.17, 15) is 31.1 Å². The van der Waals surface area contributed by atoms with Gasteiger partial charge in [-0.3, -0.25) is 4.79 Å². The van der Waals surface area contributed by atoms with Crippen molar-refractivity contribution in [2.45, 2.75) is 25.2 Å². The largest absolute Gasteiger partial charge is 0.400 e. The Balaban J connectivity index is 1.88. The van der Waals surface area contributed by atoms with Gasteiger partial charge in [0.15, 0.2) is 5.92 Å². The van der Waals surface area contributed by atoms with Crippen molar-refractivity contribution in [3.05, 3.63) is 35.2 Å². The monoisotopic (exact) mass is 369 g/mol. The summed E-state index contributed by atoms with van der Waals surface area (Å²) in [5, 5.41) is 4.92. The molecule has 0 aliphatic heterocycles. The smallest absolute Gasteiger partial charge is 0.356 e. The molecule has 1 heterocycles. The third-order valence-corrected chi connectivity index (χ3v) is 4.32. The lowest BCUT2D eigenvalue weighted by Crippen LogP contribution is -2.39. The Bertz CT molecular complexity index is 692. The highest BCUT2D eigenvalue weighted by Crippen LogP contribution is 2.41. The molecule has 0 saturated heterocycles. The van der Waals surface area contributed by atoms with Crippen LogP contribution in [0.15, 0.2) is 29.6 Å². The van der Waals surface area contributed by atoms with Crippen molar-refractivity contribution < 1.29 is 31.1 Å². The van der Waals surface area contributed by atoms with E-state index in [0.29, 0.717) is 5.56 Å². The Morgan fingerprint density at radius 2 is 1.75 bits per heavy atom. The first kappa shape index (κ1) is 18.6. The van der Waals surface area contributed by atoms with Gasteiger partial charge in [0.1, 0.15) is 0 Å². The number of hydrogen-bond acceptors (Lipinski definition) is 2. The van der Waals surface area contributed by atoms with Gasteiger partial charge in [0.05, 0.1) is 6.42 Å². The van der Waals surface area contributed by atoms with Crippen LogP contribution in [0.1, 0.15) is 12.0 Å². The predicted molar refractivity (Wildman–Crippen MR) is 78.8 cm³/mol. The molecule has 1 N–H and O–H groups in total. The predicted octanol–water partition coefficient (Wildman–Crippen LogP) is 4.69. The zero-order chi connectivity index (χ0) is 18.0. The number of rotatable bonds is 5. The first-order valence-electron chi connectivity index (χ1n) is 6.93. The van der Waals surface area contributed by atoms with E-state index in [0.717, 1.165) is 10.1 Å². The van der Waals surface area contributed by atoms with Crippen LogP contribution in [0.5, 0.6) is 0 Å². The number of carbonyl (C=O) groups is 1. The third kappa shape index (κ3) is 4.86. The molecule has 1 aromatic carbocycles. The van der Waals surface area contributed by atoms with Crippen molar-refractivity contribution in [1.29, 1.82) is 0 Å². The van der Waals surface area contributed by atoms with Gasteiger partial charge in [0.25, 0.3) is 0 Å². The number of benzene rings is 1. The van der Waals surface area contributed by atoms with Gasteiger partial charge in [-0.2, -0.15) is 26.3 Å². The van der Waals surface area contributed by atoms with Gasteiger partial charge in [-0.05, 0) is 40.9 Å². The van der Waals surface area contributed by atoms with Gasteiger partial charge in [0, 0.05) is 11.2 Å². The molecule has 2 aromatic rings. The summed E-state index contributed by atoms with van der Waals surface area (Å²) in [5.41, 5.74) is 0.640. The average molecular weight is 369 g/mol. The van der Waals surface area contributed by atoms with Gasteiger partial charge in [-0.15, -0.1) is 11.3 Å². The summed E-state index contributed by atoms with van der Waals surface area (Å²) < 4.78 is 75.3. The third-order valence-electron chi connectivity index (χ3n) is 3.43. The van der Waals surface area contributed by atoms with Crippen molar-refractivity contribution in [3.8, 4) is 0 Å². The minimum Gasteiger partial charge on any atom is -0.356 e. The van der Waals surface area contributed by atoms with E-state index in [-0.39, 0.29) is 6.42 Å². The van der Waals surface area contributed by atoms with Crippen LogP contribution in [-0.4, -0.2) is 24.8 Å². The number of nitrogens with one attached hydrogen (secondary N) is 1. The van der Waals surface area contributed by atoms with E-state index in [1.54, 1.807) is 12.1 Å². The normalized spacial score (nSPS) is 12.8. The molecule has 1 amide bonds. The van der Waals surface area contributed by atoms with E-state index in [2.05, 4.69) is 5.32 Å². The summed E-state index contributed by atoms with van der Waals surface area (Å²) in [7, 11) is 0. The summed E-state index contributed by atoms with van der Waals surface area (Å²) >= 11 is 1.52. The minimum atomic E-state index is -5.38. The highest BCUT2D eigenvalue weighted by Gasteiger charge is 2.55.